The Labute approximate surface area is 97.7 Å². The summed E-state index contributed by atoms with van der Waals surface area (Å²) in [6, 6.07) is 6.70. The predicted octanol–water partition coefficient (Wildman–Crippen LogP) is 1.31. The number of carbonyl (C=O) groups is 1. The largest absolute Gasteiger partial charge is 0.391 e. The van der Waals surface area contributed by atoms with Gasteiger partial charge in [0, 0.05) is 0 Å². The number of carbonyl (C=O) groups excluding carboxylic acids is 1. The number of halogens is 1. The van der Waals surface area contributed by atoms with E-state index in [0.717, 1.165) is 0 Å². The molecule has 1 aromatic carbocycles. The number of rotatable bonds is 1. The number of amides is 1. The molecule has 1 unspecified atom stereocenters. The first kappa shape index (κ1) is 10.9. The summed E-state index contributed by atoms with van der Waals surface area (Å²) in [7, 11) is 0. The highest BCUT2D eigenvalue weighted by Crippen LogP contribution is 2.30. The van der Waals surface area contributed by atoms with Crippen LogP contribution >= 0.6 is 11.6 Å². The van der Waals surface area contributed by atoms with Crippen LogP contribution in [0.3, 0.4) is 0 Å². The summed E-state index contributed by atoms with van der Waals surface area (Å²) in [4.78, 5) is 13.0. The zero-order chi connectivity index (χ0) is 11.7. The minimum absolute atomic E-state index is 0.121. The first-order valence-corrected chi connectivity index (χ1v) is 5.17. The smallest absolute Gasteiger partial charge is 0.229 e. The van der Waals surface area contributed by atoms with Gasteiger partial charge in [-0.05, 0) is 18.2 Å². The number of hydrogen-bond donors (Lipinski definition) is 1. The average Bonchev–Trinajstić information content (AvgIpc) is 2.57. The van der Waals surface area contributed by atoms with Gasteiger partial charge in [0.15, 0.2) is 0 Å². The molecule has 0 saturated carbocycles. The molecule has 2 rings (SSSR count). The molecule has 1 aliphatic rings. The van der Waals surface area contributed by atoms with E-state index in [9.17, 15) is 9.90 Å². The van der Waals surface area contributed by atoms with Crippen molar-refractivity contribution in [2.24, 2.45) is 0 Å². The minimum Gasteiger partial charge on any atom is -0.391 e. The lowest BCUT2D eigenvalue weighted by molar-refractivity contribution is -0.117. The highest BCUT2D eigenvalue weighted by Gasteiger charge is 2.30. The highest BCUT2D eigenvalue weighted by atomic mass is 35.5. The molecule has 0 aromatic heterocycles. The van der Waals surface area contributed by atoms with Gasteiger partial charge >= 0.3 is 0 Å². The molecule has 1 heterocycles. The Kier molecular flexibility index (Phi) is 2.82. The van der Waals surface area contributed by atoms with Crippen molar-refractivity contribution in [3.63, 3.8) is 0 Å². The Hall–Kier alpha value is -1.57. The highest BCUT2D eigenvalue weighted by molar-refractivity contribution is 6.34. The van der Waals surface area contributed by atoms with E-state index in [2.05, 4.69) is 0 Å². The molecule has 4 nitrogen and oxygen atoms in total. The Balaban J connectivity index is 2.35. The van der Waals surface area contributed by atoms with Crippen LogP contribution in [0, 0.1) is 11.3 Å². The average molecular weight is 237 g/mol. The van der Waals surface area contributed by atoms with Crippen molar-refractivity contribution in [3.8, 4) is 6.07 Å². The number of hydrogen-bond acceptors (Lipinski definition) is 3. The Morgan fingerprint density at radius 3 is 2.81 bits per heavy atom. The molecular weight excluding hydrogens is 228 g/mol. The maximum absolute atomic E-state index is 11.5. The van der Waals surface area contributed by atoms with Gasteiger partial charge in [-0.2, -0.15) is 5.26 Å². The zero-order valence-corrected chi connectivity index (χ0v) is 9.11. The molecule has 0 spiro atoms. The fourth-order valence-corrected chi connectivity index (χ4v) is 2.00. The monoisotopic (exact) mass is 236 g/mol. The van der Waals surface area contributed by atoms with E-state index >= 15 is 0 Å². The Morgan fingerprint density at radius 1 is 1.56 bits per heavy atom. The predicted molar refractivity (Wildman–Crippen MR) is 59.1 cm³/mol. The molecule has 1 amide bonds. The zero-order valence-electron chi connectivity index (χ0n) is 8.35. The van der Waals surface area contributed by atoms with Crippen molar-refractivity contribution in [1.82, 2.24) is 0 Å². The summed E-state index contributed by atoms with van der Waals surface area (Å²) in [5.74, 6) is -0.154. The van der Waals surface area contributed by atoms with Crippen molar-refractivity contribution < 1.29 is 9.90 Å². The number of β-amino-alcohol motifs (C(OH)–C–C–N with tert-alkyl or cyclic N) is 1. The van der Waals surface area contributed by atoms with Gasteiger partial charge in [-0.15, -0.1) is 0 Å². The van der Waals surface area contributed by atoms with E-state index in [1.54, 1.807) is 12.1 Å². The van der Waals surface area contributed by atoms with Gasteiger partial charge in [-0.1, -0.05) is 11.6 Å². The van der Waals surface area contributed by atoms with E-state index in [1.807, 2.05) is 6.07 Å². The molecule has 1 N–H and O–H groups in total. The molecule has 1 fully saturated rings. The second-order valence-corrected chi connectivity index (χ2v) is 4.05. The quantitative estimate of drug-likeness (QED) is 0.800. The van der Waals surface area contributed by atoms with E-state index in [1.165, 1.54) is 11.0 Å². The van der Waals surface area contributed by atoms with Crippen molar-refractivity contribution in [3.05, 3.63) is 28.8 Å². The molecule has 1 aliphatic heterocycles. The van der Waals surface area contributed by atoms with E-state index in [4.69, 9.17) is 16.9 Å². The van der Waals surface area contributed by atoms with Crippen LogP contribution < -0.4 is 4.90 Å². The first-order chi connectivity index (χ1) is 7.61. The summed E-state index contributed by atoms with van der Waals surface area (Å²) in [5, 5.41) is 18.4. The Morgan fingerprint density at radius 2 is 2.31 bits per heavy atom. The van der Waals surface area contributed by atoms with Gasteiger partial charge in [-0.25, -0.2) is 0 Å². The lowest BCUT2D eigenvalue weighted by Crippen LogP contribution is -2.25. The van der Waals surface area contributed by atoms with Crippen LogP contribution in [0.25, 0.3) is 0 Å². The molecule has 0 radical (unpaired) electrons. The molecule has 1 atom stereocenters. The Bertz CT molecular complexity index is 481. The van der Waals surface area contributed by atoms with Crippen molar-refractivity contribution in [2.45, 2.75) is 12.5 Å². The van der Waals surface area contributed by atoms with Crippen molar-refractivity contribution >= 4 is 23.2 Å². The topological polar surface area (TPSA) is 64.3 Å². The van der Waals surface area contributed by atoms with Crippen LogP contribution in [0.1, 0.15) is 12.0 Å². The number of anilines is 1. The fourth-order valence-electron chi connectivity index (χ4n) is 1.72. The second-order valence-electron chi connectivity index (χ2n) is 3.64. The molecule has 0 aliphatic carbocycles. The molecule has 1 aromatic rings. The summed E-state index contributed by atoms with van der Waals surface area (Å²) < 4.78 is 0. The van der Waals surface area contributed by atoms with Gasteiger partial charge in [0.25, 0.3) is 0 Å². The number of aliphatic hydroxyl groups is 1. The van der Waals surface area contributed by atoms with E-state index in [-0.39, 0.29) is 18.9 Å². The van der Waals surface area contributed by atoms with Gasteiger partial charge < -0.3 is 10.0 Å². The first-order valence-electron chi connectivity index (χ1n) is 4.80. The van der Waals surface area contributed by atoms with Crippen LogP contribution in [0.4, 0.5) is 5.69 Å². The molecule has 16 heavy (non-hydrogen) atoms. The van der Waals surface area contributed by atoms with E-state index < -0.39 is 6.10 Å². The van der Waals surface area contributed by atoms with Gasteiger partial charge in [-0.3, -0.25) is 4.79 Å². The number of benzene rings is 1. The molecule has 0 bridgehead atoms. The molecule has 5 heteroatoms. The normalized spacial score (nSPS) is 19.9. The van der Waals surface area contributed by atoms with Crippen molar-refractivity contribution in [1.29, 1.82) is 5.26 Å². The molecular formula is C11H9ClN2O2. The van der Waals surface area contributed by atoms with Gasteiger partial charge in [0.2, 0.25) is 5.91 Å². The SMILES string of the molecule is N#Cc1ccc(N2CC(O)CC2=O)c(Cl)c1. The number of nitriles is 1. The second kappa shape index (κ2) is 4.12. The van der Waals surface area contributed by atoms with Gasteiger partial charge in [0.05, 0.1) is 41.4 Å². The number of aliphatic hydroxyl groups excluding tert-OH is 1. The van der Waals surface area contributed by atoms with Gasteiger partial charge in [0.1, 0.15) is 0 Å². The molecule has 1 saturated heterocycles. The standard InChI is InChI=1S/C11H9ClN2O2/c12-9-3-7(5-13)1-2-10(9)14-6-8(15)4-11(14)16/h1-3,8,15H,4,6H2. The van der Waals surface area contributed by atoms with Crippen LogP contribution in [0.5, 0.6) is 0 Å². The summed E-state index contributed by atoms with van der Waals surface area (Å²) in [6.07, 6.45) is -0.518. The third-order valence-corrected chi connectivity index (χ3v) is 2.77. The maximum Gasteiger partial charge on any atom is 0.229 e. The maximum atomic E-state index is 11.5. The lowest BCUT2D eigenvalue weighted by Gasteiger charge is -2.17. The summed E-state index contributed by atoms with van der Waals surface area (Å²) in [5.41, 5.74) is 0.989. The summed E-state index contributed by atoms with van der Waals surface area (Å²) in [6.45, 7) is 0.254. The van der Waals surface area contributed by atoms with E-state index in [0.29, 0.717) is 16.3 Å². The lowest BCUT2D eigenvalue weighted by atomic mass is 10.2. The third kappa shape index (κ3) is 1.87. The number of nitrogens with zero attached hydrogens (tertiary/aromatic N) is 2. The third-order valence-electron chi connectivity index (χ3n) is 2.47. The van der Waals surface area contributed by atoms with Crippen LogP contribution in [-0.4, -0.2) is 23.7 Å². The van der Waals surface area contributed by atoms with Crippen LogP contribution in [0.2, 0.25) is 5.02 Å². The van der Waals surface area contributed by atoms with Crippen molar-refractivity contribution in [2.75, 3.05) is 11.4 Å². The fraction of sp³-hybridized carbons (Fsp3) is 0.273. The minimum atomic E-state index is -0.640. The summed E-state index contributed by atoms with van der Waals surface area (Å²) >= 11 is 5.97. The molecule has 82 valence electrons. The van der Waals surface area contributed by atoms with Crippen LogP contribution in [0.15, 0.2) is 18.2 Å². The van der Waals surface area contributed by atoms with Crippen LogP contribution in [-0.2, 0) is 4.79 Å².